The number of piperidine rings is 1. The molecule has 0 unspecified atom stereocenters. The maximum absolute atomic E-state index is 12.7. The van der Waals surface area contributed by atoms with E-state index in [2.05, 4.69) is 9.97 Å². The van der Waals surface area contributed by atoms with Crippen molar-refractivity contribution >= 4 is 17.5 Å². The smallest absolute Gasteiger partial charge is 0.274 e. The predicted molar refractivity (Wildman–Crippen MR) is 96.3 cm³/mol. The summed E-state index contributed by atoms with van der Waals surface area (Å²) in [5.41, 5.74) is 0.0218. The third-order valence-corrected chi connectivity index (χ3v) is 5.12. The molecule has 2 aliphatic heterocycles. The van der Waals surface area contributed by atoms with Gasteiger partial charge in [-0.15, -0.1) is 0 Å². The van der Waals surface area contributed by atoms with Gasteiger partial charge in [-0.3, -0.25) is 9.78 Å². The second-order valence-corrected chi connectivity index (χ2v) is 7.25. The quantitative estimate of drug-likeness (QED) is 0.827. The van der Waals surface area contributed by atoms with E-state index in [0.29, 0.717) is 30.4 Å². The Hall–Kier alpha value is -2.18. The van der Waals surface area contributed by atoms with Crippen molar-refractivity contribution in [3.8, 4) is 5.75 Å². The van der Waals surface area contributed by atoms with Crippen molar-refractivity contribution in [1.29, 1.82) is 0 Å². The third kappa shape index (κ3) is 3.66. The number of hydrogen-bond acceptors (Lipinski definition) is 5. The fourth-order valence-corrected chi connectivity index (χ4v) is 3.92. The van der Waals surface area contributed by atoms with E-state index in [1.165, 1.54) is 12.4 Å². The lowest BCUT2D eigenvalue weighted by atomic mass is 9.89. The molecule has 2 atom stereocenters. The van der Waals surface area contributed by atoms with Crippen LogP contribution in [0.3, 0.4) is 0 Å². The summed E-state index contributed by atoms with van der Waals surface area (Å²) < 4.78 is 12.2. The van der Waals surface area contributed by atoms with E-state index in [1.807, 2.05) is 23.1 Å². The summed E-state index contributed by atoms with van der Waals surface area (Å²) in [5, 5.41) is 0.648. The van der Waals surface area contributed by atoms with Crippen LogP contribution in [-0.4, -0.2) is 52.2 Å². The standard InChI is InChI=1S/C19H20ClN3O3/c20-14-3-1-4-15(9-14)26-16-10-19(25-12-16)5-2-8-23(13-19)18(24)17-11-21-6-7-22-17/h1,3-4,6-7,9,11,16H,2,5,8,10,12-13H2/t16-,19-/m1/s1. The number of carbonyl (C=O) groups is 1. The van der Waals surface area contributed by atoms with Crippen molar-refractivity contribution in [3.05, 3.63) is 53.6 Å². The van der Waals surface area contributed by atoms with E-state index in [0.717, 1.165) is 25.0 Å². The van der Waals surface area contributed by atoms with Gasteiger partial charge in [0.05, 0.1) is 24.9 Å². The molecule has 1 spiro atoms. The Morgan fingerprint density at radius 1 is 1.38 bits per heavy atom. The molecule has 0 radical (unpaired) electrons. The highest BCUT2D eigenvalue weighted by Gasteiger charge is 2.45. The SMILES string of the molecule is O=C(c1cnccn1)N1CCC[C@@]2(C[C@@H](Oc3cccc(Cl)c3)CO2)C1. The number of benzene rings is 1. The van der Waals surface area contributed by atoms with Crippen LogP contribution in [0.15, 0.2) is 42.9 Å². The monoisotopic (exact) mass is 373 g/mol. The van der Waals surface area contributed by atoms with E-state index in [1.54, 1.807) is 12.3 Å². The van der Waals surface area contributed by atoms with Gasteiger partial charge in [0, 0.05) is 30.4 Å². The highest BCUT2D eigenvalue weighted by atomic mass is 35.5. The molecule has 0 aliphatic carbocycles. The van der Waals surface area contributed by atoms with Gasteiger partial charge in [-0.05, 0) is 31.0 Å². The minimum Gasteiger partial charge on any atom is -0.488 e. The van der Waals surface area contributed by atoms with Crippen molar-refractivity contribution in [2.45, 2.75) is 31.0 Å². The van der Waals surface area contributed by atoms with Crippen LogP contribution in [0.2, 0.25) is 5.02 Å². The van der Waals surface area contributed by atoms with Gasteiger partial charge in [-0.2, -0.15) is 0 Å². The van der Waals surface area contributed by atoms with E-state index in [4.69, 9.17) is 21.1 Å². The minimum atomic E-state index is -0.348. The Balaban J connectivity index is 1.42. The molecule has 136 valence electrons. The Morgan fingerprint density at radius 2 is 2.31 bits per heavy atom. The Kier molecular flexibility index (Phi) is 4.78. The molecule has 1 aromatic heterocycles. The zero-order chi connectivity index (χ0) is 18.0. The summed E-state index contributed by atoms with van der Waals surface area (Å²) in [5.74, 6) is 0.645. The molecular formula is C19H20ClN3O3. The molecule has 2 aliphatic rings. The van der Waals surface area contributed by atoms with Crippen LogP contribution in [0.4, 0.5) is 0 Å². The second-order valence-electron chi connectivity index (χ2n) is 6.82. The largest absolute Gasteiger partial charge is 0.488 e. The molecule has 6 nitrogen and oxygen atoms in total. The maximum atomic E-state index is 12.7. The first-order chi connectivity index (χ1) is 12.6. The van der Waals surface area contributed by atoms with Gasteiger partial charge in [0.15, 0.2) is 0 Å². The predicted octanol–water partition coefficient (Wildman–Crippen LogP) is 2.97. The lowest BCUT2D eigenvalue weighted by Gasteiger charge is -2.39. The lowest BCUT2D eigenvalue weighted by Crippen LogP contribution is -2.50. The number of ether oxygens (including phenoxy) is 2. The number of hydrogen-bond donors (Lipinski definition) is 0. The molecule has 2 fully saturated rings. The molecule has 4 rings (SSSR count). The number of halogens is 1. The molecule has 0 N–H and O–H groups in total. The minimum absolute atomic E-state index is 0.0416. The molecule has 2 saturated heterocycles. The van der Waals surface area contributed by atoms with Crippen LogP contribution >= 0.6 is 11.6 Å². The Bertz CT molecular complexity index is 789. The van der Waals surface area contributed by atoms with Crippen LogP contribution in [0.25, 0.3) is 0 Å². The van der Waals surface area contributed by atoms with Gasteiger partial charge in [0.1, 0.15) is 17.5 Å². The zero-order valence-corrected chi connectivity index (χ0v) is 15.1. The number of rotatable bonds is 3. The number of nitrogens with zero attached hydrogens (tertiary/aromatic N) is 3. The van der Waals surface area contributed by atoms with E-state index in [9.17, 15) is 4.79 Å². The average Bonchev–Trinajstić information content (AvgIpc) is 3.03. The molecule has 1 amide bonds. The first-order valence-corrected chi connectivity index (χ1v) is 9.13. The van der Waals surface area contributed by atoms with Crippen molar-refractivity contribution in [2.75, 3.05) is 19.7 Å². The van der Waals surface area contributed by atoms with Crippen molar-refractivity contribution < 1.29 is 14.3 Å². The van der Waals surface area contributed by atoms with Gasteiger partial charge in [0.2, 0.25) is 0 Å². The van der Waals surface area contributed by atoms with Crippen LogP contribution in [-0.2, 0) is 4.74 Å². The van der Waals surface area contributed by atoms with Crippen LogP contribution in [0.1, 0.15) is 29.8 Å². The molecule has 3 heterocycles. The summed E-state index contributed by atoms with van der Waals surface area (Å²) in [6.07, 6.45) is 7.14. The van der Waals surface area contributed by atoms with Gasteiger partial charge < -0.3 is 14.4 Å². The first-order valence-electron chi connectivity index (χ1n) is 8.75. The Labute approximate surface area is 157 Å². The highest BCUT2D eigenvalue weighted by Crippen LogP contribution is 2.36. The number of aromatic nitrogens is 2. The van der Waals surface area contributed by atoms with E-state index >= 15 is 0 Å². The lowest BCUT2D eigenvalue weighted by molar-refractivity contribution is -0.0454. The van der Waals surface area contributed by atoms with Gasteiger partial charge in [0.25, 0.3) is 5.91 Å². The zero-order valence-electron chi connectivity index (χ0n) is 14.3. The fourth-order valence-electron chi connectivity index (χ4n) is 3.74. The summed E-state index contributed by atoms with van der Waals surface area (Å²) >= 11 is 6.02. The van der Waals surface area contributed by atoms with E-state index in [-0.39, 0.29) is 17.6 Å². The fraction of sp³-hybridized carbons (Fsp3) is 0.421. The third-order valence-electron chi connectivity index (χ3n) is 4.88. The summed E-state index contributed by atoms with van der Waals surface area (Å²) in [4.78, 5) is 22.6. The average molecular weight is 374 g/mol. The summed E-state index contributed by atoms with van der Waals surface area (Å²) in [6, 6.07) is 7.38. The number of amides is 1. The van der Waals surface area contributed by atoms with Crippen molar-refractivity contribution in [1.82, 2.24) is 14.9 Å². The number of carbonyl (C=O) groups excluding carboxylic acids is 1. The van der Waals surface area contributed by atoms with Crippen molar-refractivity contribution in [2.24, 2.45) is 0 Å². The van der Waals surface area contributed by atoms with Crippen LogP contribution < -0.4 is 4.74 Å². The van der Waals surface area contributed by atoms with Crippen LogP contribution in [0.5, 0.6) is 5.75 Å². The molecule has 1 aromatic carbocycles. The van der Waals surface area contributed by atoms with Gasteiger partial charge in [-0.1, -0.05) is 17.7 Å². The molecule has 26 heavy (non-hydrogen) atoms. The van der Waals surface area contributed by atoms with Gasteiger partial charge >= 0.3 is 0 Å². The van der Waals surface area contributed by atoms with E-state index < -0.39 is 0 Å². The van der Waals surface area contributed by atoms with Crippen molar-refractivity contribution in [3.63, 3.8) is 0 Å². The molecule has 7 heteroatoms. The maximum Gasteiger partial charge on any atom is 0.274 e. The topological polar surface area (TPSA) is 64.6 Å². The summed E-state index contributed by atoms with van der Waals surface area (Å²) in [7, 11) is 0. The Morgan fingerprint density at radius 3 is 3.12 bits per heavy atom. The molecule has 0 bridgehead atoms. The summed E-state index contributed by atoms with van der Waals surface area (Å²) in [6.45, 7) is 1.78. The molecule has 2 aromatic rings. The highest BCUT2D eigenvalue weighted by molar-refractivity contribution is 6.30. The normalized spacial score (nSPS) is 25.4. The van der Waals surface area contributed by atoms with Gasteiger partial charge in [-0.25, -0.2) is 4.98 Å². The number of likely N-dealkylation sites (tertiary alicyclic amines) is 1. The molecule has 0 saturated carbocycles. The second kappa shape index (κ2) is 7.21. The molecular weight excluding hydrogens is 354 g/mol. The van der Waals surface area contributed by atoms with Crippen LogP contribution in [0, 0.1) is 0 Å². The first kappa shape index (κ1) is 17.2.